The lowest BCUT2D eigenvalue weighted by atomic mass is 10.1. The van der Waals surface area contributed by atoms with Gasteiger partial charge >= 0.3 is 0 Å². The number of hydrogen-bond donors (Lipinski definition) is 2. The third-order valence-corrected chi connectivity index (χ3v) is 2.45. The van der Waals surface area contributed by atoms with Crippen LogP contribution in [0, 0.1) is 0 Å². The second kappa shape index (κ2) is 6.25. The monoisotopic (exact) mass is 236 g/mol. The van der Waals surface area contributed by atoms with E-state index in [2.05, 4.69) is 0 Å². The largest absolute Gasteiger partial charge is 0.481 e. The van der Waals surface area contributed by atoms with E-state index in [9.17, 15) is 4.79 Å². The van der Waals surface area contributed by atoms with E-state index in [1.54, 1.807) is 0 Å². The predicted octanol–water partition coefficient (Wildman–Crippen LogP) is 1.22. The topological polar surface area (TPSA) is 78.3 Å². The lowest BCUT2D eigenvalue weighted by molar-refractivity contribution is -0.124. The Balaban J connectivity index is 2.64. The van der Waals surface area contributed by atoms with Crippen LogP contribution in [0.1, 0.15) is 25.8 Å². The molecule has 1 amide bonds. The van der Waals surface area contributed by atoms with Gasteiger partial charge in [-0.1, -0.05) is 19.1 Å². The molecule has 17 heavy (non-hydrogen) atoms. The first-order valence-corrected chi connectivity index (χ1v) is 5.83. The Bertz CT molecular complexity index is 360. The van der Waals surface area contributed by atoms with E-state index in [1.165, 1.54) is 0 Å². The van der Waals surface area contributed by atoms with Crippen LogP contribution in [0.25, 0.3) is 0 Å². The Morgan fingerprint density at radius 2 is 1.94 bits per heavy atom. The van der Waals surface area contributed by atoms with Crippen LogP contribution in [0.2, 0.25) is 0 Å². The summed E-state index contributed by atoms with van der Waals surface area (Å²) in [4.78, 5) is 11.0. The van der Waals surface area contributed by atoms with Crippen LogP contribution in [0.4, 0.5) is 0 Å². The number of benzene rings is 1. The van der Waals surface area contributed by atoms with Crippen molar-refractivity contribution in [1.82, 2.24) is 0 Å². The maximum atomic E-state index is 11.0. The van der Waals surface area contributed by atoms with E-state index in [1.807, 2.05) is 38.1 Å². The van der Waals surface area contributed by atoms with Crippen LogP contribution < -0.4 is 16.2 Å². The highest BCUT2D eigenvalue weighted by Crippen LogP contribution is 2.15. The number of carbonyl (C=O) groups excluding carboxylic acids is 1. The van der Waals surface area contributed by atoms with Crippen molar-refractivity contribution in [2.75, 3.05) is 0 Å². The maximum Gasteiger partial charge on any atom is 0.258 e. The van der Waals surface area contributed by atoms with Crippen molar-refractivity contribution in [3.63, 3.8) is 0 Å². The minimum Gasteiger partial charge on any atom is -0.481 e. The predicted molar refractivity (Wildman–Crippen MR) is 67.7 cm³/mol. The van der Waals surface area contributed by atoms with Gasteiger partial charge in [0.15, 0.2) is 6.10 Å². The molecule has 1 aromatic rings. The van der Waals surface area contributed by atoms with Gasteiger partial charge in [0.2, 0.25) is 0 Å². The molecule has 1 rings (SSSR count). The molecule has 0 saturated carbocycles. The summed E-state index contributed by atoms with van der Waals surface area (Å²) in [6.45, 7) is 3.82. The molecule has 0 aromatic heterocycles. The van der Waals surface area contributed by atoms with Gasteiger partial charge in [0, 0.05) is 6.04 Å². The molecule has 0 spiro atoms. The summed E-state index contributed by atoms with van der Waals surface area (Å²) in [5, 5.41) is 0. The number of hydrogen-bond acceptors (Lipinski definition) is 3. The molecular weight excluding hydrogens is 216 g/mol. The van der Waals surface area contributed by atoms with Gasteiger partial charge in [-0.05, 0) is 37.5 Å². The zero-order chi connectivity index (χ0) is 12.8. The van der Waals surface area contributed by atoms with E-state index in [4.69, 9.17) is 16.2 Å². The van der Waals surface area contributed by atoms with Crippen LogP contribution in [-0.2, 0) is 11.2 Å². The molecule has 0 radical (unpaired) electrons. The van der Waals surface area contributed by atoms with Gasteiger partial charge in [0.25, 0.3) is 5.91 Å². The van der Waals surface area contributed by atoms with E-state index in [0.717, 1.165) is 12.0 Å². The lowest BCUT2D eigenvalue weighted by Crippen LogP contribution is -2.32. The van der Waals surface area contributed by atoms with E-state index < -0.39 is 12.0 Å². The fourth-order valence-electron chi connectivity index (χ4n) is 1.58. The molecule has 1 aromatic carbocycles. The van der Waals surface area contributed by atoms with Crippen molar-refractivity contribution in [2.24, 2.45) is 11.5 Å². The molecule has 2 atom stereocenters. The van der Waals surface area contributed by atoms with Crippen LogP contribution in [0.15, 0.2) is 24.3 Å². The van der Waals surface area contributed by atoms with Crippen molar-refractivity contribution in [1.29, 1.82) is 0 Å². The molecule has 0 aliphatic rings. The van der Waals surface area contributed by atoms with E-state index in [-0.39, 0.29) is 6.04 Å². The number of rotatable bonds is 6. The molecule has 0 aliphatic heterocycles. The summed E-state index contributed by atoms with van der Waals surface area (Å²) in [6, 6.07) is 7.71. The minimum absolute atomic E-state index is 0.135. The highest BCUT2D eigenvalue weighted by atomic mass is 16.5. The summed E-state index contributed by atoms with van der Waals surface area (Å²) in [5.41, 5.74) is 12.1. The molecule has 94 valence electrons. The van der Waals surface area contributed by atoms with Gasteiger partial charge in [-0.15, -0.1) is 0 Å². The maximum absolute atomic E-state index is 11.0. The fourth-order valence-corrected chi connectivity index (χ4v) is 1.58. The standard InChI is InChI=1S/C13H20N2O2/c1-3-12(13(15)16)17-11-6-4-10(5-7-11)8-9(2)14/h4-7,9,12H,3,8,14H2,1-2H3,(H2,15,16). The fraction of sp³-hybridized carbons (Fsp3) is 0.462. The quantitative estimate of drug-likeness (QED) is 0.779. The number of carbonyl (C=O) groups is 1. The molecule has 4 nitrogen and oxygen atoms in total. The highest BCUT2D eigenvalue weighted by Gasteiger charge is 2.14. The Morgan fingerprint density at radius 1 is 1.35 bits per heavy atom. The van der Waals surface area contributed by atoms with Gasteiger partial charge in [-0.3, -0.25) is 4.79 Å². The van der Waals surface area contributed by atoms with Gasteiger partial charge in [-0.2, -0.15) is 0 Å². The van der Waals surface area contributed by atoms with Crippen LogP contribution >= 0.6 is 0 Å². The molecule has 0 fully saturated rings. The first-order valence-electron chi connectivity index (χ1n) is 5.83. The van der Waals surface area contributed by atoms with Gasteiger partial charge in [0.1, 0.15) is 5.75 Å². The Hall–Kier alpha value is -1.55. The van der Waals surface area contributed by atoms with Gasteiger partial charge < -0.3 is 16.2 Å². The zero-order valence-corrected chi connectivity index (χ0v) is 10.3. The Labute approximate surface area is 102 Å². The first kappa shape index (κ1) is 13.5. The van der Waals surface area contributed by atoms with Crippen LogP contribution in [0.3, 0.4) is 0 Å². The third-order valence-electron chi connectivity index (χ3n) is 2.45. The summed E-state index contributed by atoms with van der Waals surface area (Å²) in [5.74, 6) is 0.219. The van der Waals surface area contributed by atoms with Gasteiger partial charge in [0.05, 0.1) is 0 Å². The first-order chi connectivity index (χ1) is 8.02. The average molecular weight is 236 g/mol. The number of nitrogens with two attached hydrogens (primary N) is 2. The minimum atomic E-state index is -0.561. The van der Waals surface area contributed by atoms with Crippen molar-refractivity contribution in [3.8, 4) is 5.75 Å². The van der Waals surface area contributed by atoms with Gasteiger partial charge in [-0.25, -0.2) is 0 Å². The molecule has 4 heteroatoms. The molecular formula is C13H20N2O2. The smallest absolute Gasteiger partial charge is 0.258 e. The Kier molecular flexibility index (Phi) is 4.97. The van der Waals surface area contributed by atoms with E-state index in [0.29, 0.717) is 12.2 Å². The average Bonchev–Trinajstić information content (AvgIpc) is 2.26. The van der Waals surface area contributed by atoms with Crippen molar-refractivity contribution < 1.29 is 9.53 Å². The number of ether oxygens (including phenoxy) is 1. The number of primary amides is 1. The lowest BCUT2D eigenvalue weighted by Gasteiger charge is -2.14. The van der Waals surface area contributed by atoms with Crippen molar-refractivity contribution >= 4 is 5.91 Å². The highest BCUT2D eigenvalue weighted by molar-refractivity contribution is 5.79. The molecule has 4 N–H and O–H groups in total. The van der Waals surface area contributed by atoms with Crippen molar-refractivity contribution in [2.45, 2.75) is 38.8 Å². The summed E-state index contributed by atoms with van der Waals surface area (Å²) in [6.07, 6.45) is 0.832. The second-order valence-corrected chi connectivity index (χ2v) is 4.24. The van der Waals surface area contributed by atoms with Crippen LogP contribution in [0.5, 0.6) is 5.75 Å². The third kappa shape index (κ3) is 4.44. The SMILES string of the molecule is CCC(Oc1ccc(CC(C)N)cc1)C(N)=O. The molecule has 2 unspecified atom stereocenters. The summed E-state index contributed by atoms with van der Waals surface area (Å²) < 4.78 is 5.48. The van der Waals surface area contributed by atoms with E-state index >= 15 is 0 Å². The molecule has 0 bridgehead atoms. The Morgan fingerprint density at radius 3 is 2.35 bits per heavy atom. The summed E-state index contributed by atoms with van der Waals surface area (Å²) in [7, 11) is 0. The molecule has 0 aliphatic carbocycles. The van der Waals surface area contributed by atoms with Crippen molar-refractivity contribution in [3.05, 3.63) is 29.8 Å². The second-order valence-electron chi connectivity index (χ2n) is 4.24. The summed E-state index contributed by atoms with van der Waals surface area (Å²) >= 11 is 0. The van der Waals surface area contributed by atoms with Crippen LogP contribution in [-0.4, -0.2) is 18.1 Å². The molecule has 0 heterocycles. The number of amides is 1. The zero-order valence-electron chi connectivity index (χ0n) is 10.3. The normalized spacial score (nSPS) is 14.1. The molecule has 0 saturated heterocycles.